The van der Waals surface area contributed by atoms with Crippen molar-refractivity contribution in [3.8, 4) is 0 Å². The predicted molar refractivity (Wildman–Crippen MR) is 113 cm³/mol. The molecule has 2 aliphatic rings. The van der Waals surface area contributed by atoms with Crippen molar-refractivity contribution in [2.24, 2.45) is 10.9 Å². The minimum absolute atomic E-state index is 0. The third kappa shape index (κ3) is 4.15. The molecule has 1 fully saturated rings. The summed E-state index contributed by atoms with van der Waals surface area (Å²) in [5.74, 6) is 3.48. The van der Waals surface area contributed by atoms with Crippen molar-refractivity contribution in [3.63, 3.8) is 0 Å². The summed E-state index contributed by atoms with van der Waals surface area (Å²) in [5, 5.41) is 11.8. The molecule has 0 radical (unpaired) electrons. The van der Waals surface area contributed by atoms with Gasteiger partial charge in [-0.05, 0) is 33.1 Å². The lowest BCUT2D eigenvalue weighted by molar-refractivity contribution is 0.332. The van der Waals surface area contributed by atoms with E-state index in [1.165, 1.54) is 0 Å². The first-order valence-corrected chi connectivity index (χ1v) is 10.5. The van der Waals surface area contributed by atoms with Crippen molar-refractivity contribution in [1.29, 1.82) is 0 Å². The Bertz CT molecular complexity index is 774. The van der Waals surface area contributed by atoms with E-state index in [0.29, 0.717) is 19.0 Å². The lowest BCUT2D eigenvalue weighted by Crippen LogP contribution is -2.57. The van der Waals surface area contributed by atoms with Crippen molar-refractivity contribution in [2.75, 3.05) is 32.4 Å². The molecule has 0 spiro atoms. The molecule has 3 heterocycles. The van der Waals surface area contributed by atoms with E-state index in [-0.39, 0.29) is 29.7 Å². The summed E-state index contributed by atoms with van der Waals surface area (Å²) in [6, 6.07) is 0. The Morgan fingerprint density at radius 2 is 2.12 bits per heavy atom. The second-order valence-corrected chi connectivity index (χ2v) is 10.3. The van der Waals surface area contributed by atoms with Crippen LogP contribution in [-0.4, -0.2) is 71.2 Å². The molecule has 10 heteroatoms. The second kappa shape index (κ2) is 7.99. The molecule has 1 atom stereocenters. The molecule has 1 saturated heterocycles. The van der Waals surface area contributed by atoms with Gasteiger partial charge in [-0.15, -0.1) is 34.2 Å². The molecule has 1 N–H and O–H groups in total. The molecule has 1 aromatic rings. The van der Waals surface area contributed by atoms with Gasteiger partial charge in [-0.25, -0.2) is 8.42 Å². The molecule has 3 rings (SSSR count). The number of halogens is 1. The molecule has 0 bridgehead atoms. The Kier molecular flexibility index (Phi) is 6.57. The third-order valence-electron chi connectivity index (χ3n) is 5.33. The van der Waals surface area contributed by atoms with Crippen molar-refractivity contribution >= 4 is 39.8 Å². The first-order valence-electron chi connectivity index (χ1n) is 8.80. The van der Waals surface area contributed by atoms with Gasteiger partial charge >= 0.3 is 0 Å². The lowest BCUT2D eigenvalue weighted by atomic mass is 9.99. The van der Waals surface area contributed by atoms with E-state index in [9.17, 15) is 8.42 Å². The monoisotopic (exact) mass is 496 g/mol. The van der Waals surface area contributed by atoms with Crippen LogP contribution in [0.2, 0.25) is 0 Å². The molecule has 0 saturated carbocycles. The molecule has 1 aromatic heterocycles. The fourth-order valence-electron chi connectivity index (χ4n) is 3.59. The number of rotatable bonds is 2. The van der Waals surface area contributed by atoms with Gasteiger partial charge in [0.25, 0.3) is 0 Å². The summed E-state index contributed by atoms with van der Waals surface area (Å²) in [7, 11) is -1.29. The molecule has 8 nitrogen and oxygen atoms in total. The number of hydrogen-bond donors (Lipinski definition) is 1. The highest BCUT2D eigenvalue weighted by molar-refractivity contribution is 14.0. The van der Waals surface area contributed by atoms with Crippen LogP contribution in [0.25, 0.3) is 0 Å². The van der Waals surface area contributed by atoms with Crippen LogP contribution in [0, 0.1) is 12.8 Å². The first-order chi connectivity index (χ1) is 11.7. The van der Waals surface area contributed by atoms with Crippen LogP contribution in [0.3, 0.4) is 0 Å². The number of sulfone groups is 1. The number of hydrogen-bond acceptors (Lipinski definition) is 5. The van der Waals surface area contributed by atoms with E-state index in [1.54, 1.807) is 20.9 Å². The van der Waals surface area contributed by atoms with Crippen molar-refractivity contribution < 1.29 is 8.42 Å². The number of aryl methyl sites for hydroxylation is 2. The second-order valence-electron chi connectivity index (χ2n) is 7.61. The summed E-state index contributed by atoms with van der Waals surface area (Å²) in [4.78, 5) is 6.42. The van der Waals surface area contributed by atoms with E-state index in [1.807, 2.05) is 6.92 Å². The quantitative estimate of drug-likeness (QED) is 0.371. The lowest BCUT2D eigenvalue weighted by Gasteiger charge is -2.39. The normalized spacial score (nSPS) is 24.5. The van der Waals surface area contributed by atoms with E-state index >= 15 is 0 Å². The maximum Gasteiger partial charge on any atom is 0.193 e. The molecule has 26 heavy (non-hydrogen) atoms. The molecule has 148 valence electrons. The third-order valence-corrected chi connectivity index (χ3v) is 7.87. The van der Waals surface area contributed by atoms with Gasteiger partial charge in [0.05, 0.1) is 10.5 Å². The van der Waals surface area contributed by atoms with Crippen LogP contribution < -0.4 is 5.32 Å². The van der Waals surface area contributed by atoms with E-state index in [4.69, 9.17) is 0 Å². The Balaban J connectivity index is 0.00000243. The van der Waals surface area contributed by atoms with Gasteiger partial charge in [-0.3, -0.25) is 4.99 Å². The highest BCUT2D eigenvalue weighted by Gasteiger charge is 2.41. The SMILES string of the molecule is CN=C(NCC1CCc2nnc(C)n2C1)N1CCS(=O)(=O)C(C)(C)C1.I. The average molecular weight is 496 g/mol. The van der Waals surface area contributed by atoms with Gasteiger partial charge < -0.3 is 14.8 Å². The van der Waals surface area contributed by atoms with E-state index < -0.39 is 14.6 Å². The topological polar surface area (TPSA) is 92.5 Å². The van der Waals surface area contributed by atoms with Gasteiger partial charge in [0, 0.05) is 39.6 Å². The maximum absolute atomic E-state index is 12.2. The molecular formula is C16H29IN6O2S. The molecule has 0 amide bonds. The summed E-state index contributed by atoms with van der Waals surface area (Å²) in [6.45, 7) is 8.25. The Morgan fingerprint density at radius 1 is 1.38 bits per heavy atom. The van der Waals surface area contributed by atoms with Crippen LogP contribution in [0.15, 0.2) is 4.99 Å². The number of nitrogens with zero attached hydrogens (tertiary/aromatic N) is 5. The zero-order valence-corrected chi connectivity index (χ0v) is 19.0. The molecular weight excluding hydrogens is 467 g/mol. The molecule has 2 aliphatic heterocycles. The maximum atomic E-state index is 12.2. The fraction of sp³-hybridized carbons (Fsp3) is 0.812. The van der Waals surface area contributed by atoms with Crippen LogP contribution in [0.5, 0.6) is 0 Å². The summed E-state index contributed by atoms with van der Waals surface area (Å²) in [5.41, 5.74) is 0. The van der Waals surface area contributed by atoms with E-state index in [2.05, 4.69) is 30.0 Å². The largest absolute Gasteiger partial charge is 0.356 e. The smallest absolute Gasteiger partial charge is 0.193 e. The van der Waals surface area contributed by atoms with Gasteiger partial charge in [0.1, 0.15) is 11.6 Å². The van der Waals surface area contributed by atoms with Crippen LogP contribution >= 0.6 is 24.0 Å². The fourth-order valence-corrected chi connectivity index (χ4v) is 4.95. The molecule has 0 aliphatic carbocycles. The van der Waals surface area contributed by atoms with Crippen LogP contribution in [0.4, 0.5) is 0 Å². The van der Waals surface area contributed by atoms with Crippen molar-refractivity contribution in [1.82, 2.24) is 25.0 Å². The Morgan fingerprint density at radius 3 is 2.77 bits per heavy atom. The highest BCUT2D eigenvalue weighted by atomic mass is 127. The first kappa shape index (κ1) is 21.4. The van der Waals surface area contributed by atoms with Gasteiger partial charge in [0.15, 0.2) is 15.8 Å². The summed E-state index contributed by atoms with van der Waals surface area (Å²) < 4.78 is 25.8. The number of nitrogens with one attached hydrogen (secondary N) is 1. The number of fused-ring (bicyclic) bond motifs is 1. The standard InChI is InChI=1S/C16H28N6O2S.HI/c1-12-19-20-14-6-5-13(10-22(12)14)9-18-15(17-4)21-7-8-25(23,24)16(2,3)11-21;/h13H,5-11H2,1-4H3,(H,17,18);1H. The number of aliphatic imine (C=N–C) groups is 1. The molecule has 0 aromatic carbocycles. The number of aromatic nitrogens is 3. The molecule has 1 unspecified atom stereocenters. The van der Waals surface area contributed by atoms with Crippen LogP contribution in [-0.2, 0) is 22.8 Å². The zero-order valence-electron chi connectivity index (χ0n) is 15.9. The summed E-state index contributed by atoms with van der Waals surface area (Å²) in [6.07, 6.45) is 2.02. The van der Waals surface area contributed by atoms with Crippen LogP contribution in [0.1, 0.15) is 31.9 Å². The summed E-state index contributed by atoms with van der Waals surface area (Å²) >= 11 is 0. The Labute approximate surface area is 172 Å². The van der Waals surface area contributed by atoms with Gasteiger partial charge in [0.2, 0.25) is 0 Å². The number of guanidine groups is 1. The highest BCUT2D eigenvalue weighted by Crippen LogP contribution is 2.24. The van der Waals surface area contributed by atoms with Gasteiger partial charge in [-0.2, -0.15) is 0 Å². The minimum atomic E-state index is -3.04. The van der Waals surface area contributed by atoms with Crippen molar-refractivity contribution in [2.45, 2.75) is 44.9 Å². The Hall–Kier alpha value is -0.910. The van der Waals surface area contributed by atoms with Crippen molar-refractivity contribution in [3.05, 3.63) is 11.6 Å². The average Bonchev–Trinajstić information content (AvgIpc) is 2.92. The van der Waals surface area contributed by atoms with E-state index in [0.717, 1.165) is 43.5 Å². The minimum Gasteiger partial charge on any atom is -0.356 e. The predicted octanol–water partition coefficient (Wildman–Crippen LogP) is 0.851. The zero-order chi connectivity index (χ0) is 18.2. The van der Waals surface area contributed by atoms with Gasteiger partial charge in [-0.1, -0.05) is 0 Å².